The maximum Gasteiger partial charge on any atom is 0.206 e. The third kappa shape index (κ3) is 1.74. The summed E-state index contributed by atoms with van der Waals surface area (Å²) in [6, 6.07) is 9.05. The standard InChI is InChI=1S/C15H20N4/c1-18-14-7-3-2-6-12(14)17-15(18)19-9-11-5-4-8-16-13(11)10-19/h2-3,6-7,11,13,16H,4-5,8-10H2,1H3. The maximum absolute atomic E-state index is 4.81. The second kappa shape index (κ2) is 4.23. The summed E-state index contributed by atoms with van der Waals surface area (Å²) in [4.78, 5) is 7.27. The first-order chi connectivity index (χ1) is 9.33. The number of hydrogen-bond donors (Lipinski definition) is 1. The molecule has 0 aliphatic carbocycles. The molecule has 2 aromatic rings. The van der Waals surface area contributed by atoms with Gasteiger partial charge >= 0.3 is 0 Å². The van der Waals surface area contributed by atoms with E-state index in [1.165, 1.54) is 24.9 Å². The van der Waals surface area contributed by atoms with Crippen molar-refractivity contribution >= 4 is 17.0 Å². The molecule has 4 rings (SSSR count). The van der Waals surface area contributed by atoms with Crippen LogP contribution >= 0.6 is 0 Å². The fourth-order valence-corrected chi connectivity index (χ4v) is 3.63. The molecule has 19 heavy (non-hydrogen) atoms. The van der Waals surface area contributed by atoms with Crippen molar-refractivity contribution in [2.45, 2.75) is 18.9 Å². The number of imidazole rings is 1. The first kappa shape index (κ1) is 11.3. The highest BCUT2D eigenvalue weighted by Gasteiger charge is 2.35. The summed E-state index contributed by atoms with van der Waals surface area (Å²) in [5.74, 6) is 1.92. The Morgan fingerprint density at radius 1 is 1.26 bits per heavy atom. The molecular weight excluding hydrogens is 236 g/mol. The van der Waals surface area contributed by atoms with Gasteiger partial charge in [0.25, 0.3) is 0 Å². The fraction of sp³-hybridized carbons (Fsp3) is 0.533. The number of anilines is 1. The molecular formula is C15H20N4. The smallest absolute Gasteiger partial charge is 0.206 e. The van der Waals surface area contributed by atoms with E-state index in [9.17, 15) is 0 Å². The van der Waals surface area contributed by atoms with Gasteiger partial charge in [-0.1, -0.05) is 12.1 Å². The van der Waals surface area contributed by atoms with Crippen LogP contribution in [0.15, 0.2) is 24.3 Å². The van der Waals surface area contributed by atoms with Crippen molar-refractivity contribution in [2.24, 2.45) is 13.0 Å². The molecule has 1 aromatic carbocycles. The average Bonchev–Trinajstić information content (AvgIpc) is 3.00. The lowest BCUT2D eigenvalue weighted by atomic mass is 9.94. The first-order valence-electron chi connectivity index (χ1n) is 7.23. The third-order valence-corrected chi connectivity index (χ3v) is 4.65. The fourth-order valence-electron chi connectivity index (χ4n) is 3.63. The van der Waals surface area contributed by atoms with Gasteiger partial charge in [-0.25, -0.2) is 4.98 Å². The highest BCUT2D eigenvalue weighted by Crippen LogP contribution is 2.30. The van der Waals surface area contributed by atoms with E-state index in [-0.39, 0.29) is 0 Å². The zero-order valence-electron chi connectivity index (χ0n) is 11.3. The van der Waals surface area contributed by atoms with Crippen LogP contribution in [0.25, 0.3) is 11.0 Å². The van der Waals surface area contributed by atoms with Gasteiger partial charge in [-0.15, -0.1) is 0 Å². The van der Waals surface area contributed by atoms with Crippen LogP contribution in [-0.4, -0.2) is 35.2 Å². The van der Waals surface area contributed by atoms with Gasteiger partial charge in [-0.3, -0.25) is 0 Å². The van der Waals surface area contributed by atoms with Crippen LogP contribution in [-0.2, 0) is 7.05 Å². The van der Waals surface area contributed by atoms with E-state index in [0.29, 0.717) is 6.04 Å². The van der Waals surface area contributed by atoms with E-state index in [1.807, 2.05) is 0 Å². The highest BCUT2D eigenvalue weighted by atomic mass is 15.3. The molecule has 2 aliphatic heterocycles. The van der Waals surface area contributed by atoms with Crippen molar-refractivity contribution in [1.29, 1.82) is 0 Å². The minimum atomic E-state index is 0.661. The molecule has 0 bridgehead atoms. The molecule has 0 amide bonds. The summed E-state index contributed by atoms with van der Waals surface area (Å²) in [7, 11) is 2.13. The zero-order chi connectivity index (χ0) is 12.8. The van der Waals surface area contributed by atoms with Gasteiger partial charge in [-0.2, -0.15) is 0 Å². The van der Waals surface area contributed by atoms with E-state index in [2.05, 4.69) is 46.1 Å². The summed E-state index contributed by atoms with van der Waals surface area (Å²) in [5.41, 5.74) is 2.32. The van der Waals surface area contributed by atoms with Crippen molar-refractivity contribution in [1.82, 2.24) is 14.9 Å². The van der Waals surface area contributed by atoms with Crippen LogP contribution in [0.4, 0.5) is 5.95 Å². The molecule has 2 aliphatic rings. The van der Waals surface area contributed by atoms with Gasteiger partial charge < -0.3 is 14.8 Å². The molecule has 2 saturated heterocycles. The summed E-state index contributed by atoms with van der Waals surface area (Å²) < 4.78 is 2.23. The number of nitrogens with one attached hydrogen (secondary N) is 1. The molecule has 4 nitrogen and oxygen atoms in total. The second-order valence-electron chi connectivity index (χ2n) is 5.83. The number of hydrogen-bond acceptors (Lipinski definition) is 3. The van der Waals surface area contributed by atoms with E-state index in [0.717, 1.165) is 30.5 Å². The quantitative estimate of drug-likeness (QED) is 0.844. The number of para-hydroxylation sites is 2. The molecule has 0 spiro atoms. The molecule has 1 N–H and O–H groups in total. The molecule has 0 radical (unpaired) electrons. The summed E-state index contributed by atoms with van der Waals surface area (Å²) in [6.07, 6.45) is 2.68. The van der Waals surface area contributed by atoms with Crippen molar-refractivity contribution in [2.75, 3.05) is 24.5 Å². The Hall–Kier alpha value is -1.55. The molecule has 2 fully saturated rings. The maximum atomic E-state index is 4.81. The predicted octanol–water partition coefficient (Wildman–Crippen LogP) is 1.76. The normalized spacial score (nSPS) is 26.9. The predicted molar refractivity (Wildman–Crippen MR) is 77.4 cm³/mol. The van der Waals surface area contributed by atoms with Crippen molar-refractivity contribution in [3.8, 4) is 0 Å². The van der Waals surface area contributed by atoms with Gasteiger partial charge in [0.05, 0.1) is 11.0 Å². The third-order valence-electron chi connectivity index (χ3n) is 4.65. The molecule has 2 unspecified atom stereocenters. The molecule has 100 valence electrons. The molecule has 2 atom stereocenters. The SMILES string of the molecule is Cn1c(N2CC3CCCNC3C2)nc2ccccc21. The number of nitrogens with zero attached hydrogens (tertiary/aromatic N) is 3. The Labute approximate surface area is 113 Å². The topological polar surface area (TPSA) is 33.1 Å². The van der Waals surface area contributed by atoms with Crippen LogP contribution in [0.2, 0.25) is 0 Å². The van der Waals surface area contributed by atoms with Crippen molar-refractivity contribution in [3.63, 3.8) is 0 Å². The highest BCUT2D eigenvalue weighted by molar-refractivity contribution is 5.78. The average molecular weight is 256 g/mol. The lowest BCUT2D eigenvalue weighted by Gasteiger charge is -2.24. The largest absolute Gasteiger partial charge is 0.340 e. The Morgan fingerprint density at radius 2 is 2.16 bits per heavy atom. The van der Waals surface area contributed by atoms with Crippen LogP contribution in [0, 0.1) is 5.92 Å². The first-order valence-corrected chi connectivity index (χ1v) is 7.23. The van der Waals surface area contributed by atoms with Crippen LogP contribution < -0.4 is 10.2 Å². The number of aryl methyl sites for hydroxylation is 1. The van der Waals surface area contributed by atoms with E-state index in [4.69, 9.17) is 4.98 Å². The van der Waals surface area contributed by atoms with E-state index in [1.54, 1.807) is 0 Å². The Morgan fingerprint density at radius 3 is 3.00 bits per heavy atom. The minimum Gasteiger partial charge on any atom is -0.340 e. The Kier molecular flexibility index (Phi) is 2.52. The number of benzene rings is 1. The minimum absolute atomic E-state index is 0.661. The molecule has 0 saturated carbocycles. The molecule has 1 aromatic heterocycles. The summed E-state index contributed by atoms with van der Waals surface area (Å²) in [6.45, 7) is 3.42. The number of piperidine rings is 1. The second-order valence-corrected chi connectivity index (χ2v) is 5.83. The molecule has 4 heteroatoms. The van der Waals surface area contributed by atoms with Crippen LogP contribution in [0.1, 0.15) is 12.8 Å². The Bertz CT molecular complexity index is 589. The lowest BCUT2D eigenvalue weighted by molar-refractivity contribution is 0.340. The number of aromatic nitrogens is 2. The van der Waals surface area contributed by atoms with Gasteiger partial charge in [-0.05, 0) is 37.4 Å². The summed E-state index contributed by atoms with van der Waals surface area (Å²) >= 11 is 0. The van der Waals surface area contributed by atoms with Crippen molar-refractivity contribution in [3.05, 3.63) is 24.3 Å². The van der Waals surface area contributed by atoms with E-state index < -0.39 is 0 Å². The van der Waals surface area contributed by atoms with Crippen LogP contribution in [0.3, 0.4) is 0 Å². The zero-order valence-corrected chi connectivity index (χ0v) is 11.3. The van der Waals surface area contributed by atoms with Gasteiger partial charge in [0, 0.05) is 26.2 Å². The van der Waals surface area contributed by atoms with E-state index >= 15 is 0 Å². The Balaban J connectivity index is 1.69. The van der Waals surface area contributed by atoms with Gasteiger partial charge in [0.15, 0.2) is 0 Å². The monoisotopic (exact) mass is 256 g/mol. The number of rotatable bonds is 1. The summed E-state index contributed by atoms with van der Waals surface area (Å²) in [5, 5.41) is 3.66. The van der Waals surface area contributed by atoms with Gasteiger partial charge in [0.2, 0.25) is 5.95 Å². The lowest BCUT2D eigenvalue weighted by Crippen LogP contribution is -2.40. The van der Waals surface area contributed by atoms with Gasteiger partial charge in [0.1, 0.15) is 0 Å². The number of fused-ring (bicyclic) bond motifs is 2. The van der Waals surface area contributed by atoms with Crippen molar-refractivity contribution < 1.29 is 0 Å². The van der Waals surface area contributed by atoms with Crippen LogP contribution in [0.5, 0.6) is 0 Å². The molecule has 3 heterocycles.